The molecule has 1 N–H and O–H groups in total. The summed E-state index contributed by atoms with van der Waals surface area (Å²) in [6, 6.07) is 9.46. The predicted octanol–water partition coefficient (Wildman–Crippen LogP) is 3.89. The molecule has 1 aromatic carbocycles. The number of carbonyl (C=O) groups excluding carboxylic acids is 1. The van der Waals surface area contributed by atoms with Gasteiger partial charge in [-0.3, -0.25) is 4.79 Å². The van der Waals surface area contributed by atoms with Crippen LogP contribution in [0, 0.1) is 11.3 Å². The van der Waals surface area contributed by atoms with Gasteiger partial charge in [-0.1, -0.05) is 40.1 Å². The van der Waals surface area contributed by atoms with E-state index in [2.05, 4.69) is 11.4 Å². The van der Waals surface area contributed by atoms with E-state index < -0.39 is 0 Å². The molecule has 1 aliphatic heterocycles. The summed E-state index contributed by atoms with van der Waals surface area (Å²) in [5.41, 5.74) is 1.61. The predicted molar refractivity (Wildman–Crippen MR) is 89.9 cm³/mol. The molecule has 1 unspecified atom stereocenters. The molecule has 0 spiro atoms. The lowest BCUT2D eigenvalue weighted by molar-refractivity contribution is -0.121. The van der Waals surface area contributed by atoms with Gasteiger partial charge in [0.15, 0.2) is 0 Å². The number of benzene rings is 1. The molecule has 1 aliphatic rings. The lowest BCUT2D eigenvalue weighted by Gasteiger charge is -2.08. The van der Waals surface area contributed by atoms with E-state index >= 15 is 0 Å². The maximum absolute atomic E-state index is 11.8. The molecule has 0 aromatic heterocycles. The SMILES string of the molecule is N#Cc1cccc(CNC(=O)CCCCC2CCSS2)c1. The first kappa shape index (κ1) is 16.3. The Morgan fingerprint density at radius 1 is 1.43 bits per heavy atom. The first-order valence-corrected chi connectivity index (χ1v) is 9.70. The number of nitrogens with zero attached hydrogens (tertiary/aromatic N) is 1. The molecule has 0 bridgehead atoms. The molecule has 0 saturated carbocycles. The molecule has 2 rings (SSSR count). The van der Waals surface area contributed by atoms with Gasteiger partial charge in [-0.15, -0.1) is 0 Å². The summed E-state index contributed by atoms with van der Waals surface area (Å²) in [5.74, 6) is 1.38. The lowest BCUT2D eigenvalue weighted by atomic mass is 10.1. The van der Waals surface area contributed by atoms with Crippen LogP contribution in [-0.4, -0.2) is 16.9 Å². The number of hydrogen-bond acceptors (Lipinski definition) is 4. The summed E-state index contributed by atoms with van der Waals surface area (Å²) in [6.07, 6.45) is 5.25. The highest BCUT2D eigenvalue weighted by molar-refractivity contribution is 8.77. The van der Waals surface area contributed by atoms with E-state index in [4.69, 9.17) is 5.26 Å². The fourth-order valence-electron chi connectivity index (χ4n) is 2.26. The zero-order chi connectivity index (χ0) is 14.9. The van der Waals surface area contributed by atoms with E-state index in [1.54, 1.807) is 6.07 Å². The summed E-state index contributed by atoms with van der Waals surface area (Å²) in [5, 5.41) is 12.6. The van der Waals surface area contributed by atoms with E-state index in [0.717, 1.165) is 23.7 Å². The van der Waals surface area contributed by atoms with Gasteiger partial charge in [0.05, 0.1) is 11.6 Å². The van der Waals surface area contributed by atoms with Crippen LogP contribution in [0.1, 0.15) is 43.2 Å². The molecule has 3 nitrogen and oxygen atoms in total. The zero-order valence-corrected chi connectivity index (χ0v) is 13.6. The van der Waals surface area contributed by atoms with Gasteiger partial charge in [-0.25, -0.2) is 0 Å². The van der Waals surface area contributed by atoms with Gasteiger partial charge >= 0.3 is 0 Å². The van der Waals surface area contributed by atoms with E-state index in [1.807, 2.05) is 39.8 Å². The average Bonchev–Trinajstić information content (AvgIpc) is 3.03. The first-order chi connectivity index (χ1) is 10.3. The highest BCUT2D eigenvalue weighted by atomic mass is 33.1. The Balaban J connectivity index is 1.59. The van der Waals surface area contributed by atoms with Crippen molar-refractivity contribution in [3.05, 3.63) is 35.4 Å². The van der Waals surface area contributed by atoms with Crippen molar-refractivity contribution in [3.8, 4) is 6.07 Å². The van der Waals surface area contributed by atoms with Crippen LogP contribution in [0.2, 0.25) is 0 Å². The molecule has 1 heterocycles. The van der Waals surface area contributed by atoms with Gasteiger partial charge in [-0.2, -0.15) is 5.26 Å². The van der Waals surface area contributed by atoms with Crippen LogP contribution in [0.25, 0.3) is 0 Å². The van der Waals surface area contributed by atoms with Crippen LogP contribution in [0.4, 0.5) is 0 Å². The van der Waals surface area contributed by atoms with Crippen LogP contribution < -0.4 is 5.32 Å². The van der Waals surface area contributed by atoms with Crippen LogP contribution in [0.15, 0.2) is 24.3 Å². The Bertz CT molecular complexity index is 507. The van der Waals surface area contributed by atoms with Crippen molar-refractivity contribution < 1.29 is 4.79 Å². The Labute approximate surface area is 134 Å². The van der Waals surface area contributed by atoms with E-state index in [-0.39, 0.29) is 5.91 Å². The van der Waals surface area contributed by atoms with Gasteiger partial charge in [0.25, 0.3) is 0 Å². The molecule has 1 saturated heterocycles. The maximum Gasteiger partial charge on any atom is 0.220 e. The van der Waals surface area contributed by atoms with Crippen molar-refractivity contribution in [2.45, 2.75) is 43.9 Å². The molecule has 21 heavy (non-hydrogen) atoms. The second-order valence-corrected chi connectivity index (χ2v) is 7.95. The number of unbranched alkanes of at least 4 members (excludes halogenated alkanes) is 1. The molecule has 112 valence electrons. The molecular weight excluding hydrogens is 300 g/mol. The summed E-state index contributed by atoms with van der Waals surface area (Å²) in [7, 11) is 3.97. The number of rotatable bonds is 7. The van der Waals surface area contributed by atoms with Crippen molar-refractivity contribution in [2.75, 3.05) is 5.75 Å². The highest BCUT2D eigenvalue weighted by Crippen LogP contribution is 2.39. The molecule has 5 heteroatoms. The van der Waals surface area contributed by atoms with Crippen LogP contribution in [0.3, 0.4) is 0 Å². The third kappa shape index (κ3) is 6.03. The van der Waals surface area contributed by atoms with Crippen molar-refractivity contribution in [1.82, 2.24) is 5.32 Å². The quantitative estimate of drug-likeness (QED) is 0.612. The number of hydrogen-bond donors (Lipinski definition) is 1. The number of nitriles is 1. The van der Waals surface area contributed by atoms with E-state index in [0.29, 0.717) is 18.5 Å². The molecule has 1 amide bonds. The van der Waals surface area contributed by atoms with Crippen LogP contribution in [-0.2, 0) is 11.3 Å². The summed E-state index contributed by atoms with van der Waals surface area (Å²) < 4.78 is 0. The summed E-state index contributed by atoms with van der Waals surface area (Å²) in [4.78, 5) is 11.8. The van der Waals surface area contributed by atoms with Gasteiger partial charge in [0, 0.05) is 24.0 Å². The molecule has 0 aliphatic carbocycles. The Morgan fingerprint density at radius 2 is 2.33 bits per heavy atom. The average molecular weight is 320 g/mol. The standard InChI is InChI=1S/C16H20N2OS2/c17-11-13-4-3-5-14(10-13)12-18-16(19)7-2-1-6-15-8-9-20-21-15/h3-5,10,15H,1-2,6-9,12H2,(H,18,19). The van der Waals surface area contributed by atoms with Crippen LogP contribution in [0.5, 0.6) is 0 Å². The van der Waals surface area contributed by atoms with Crippen molar-refractivity contribution >= 4 is 27.5 Å². The third-order valence-corrected chi connectivity index (χ3v) is 6.46. The summed E-state index contributed by atoms with van der Waals surface area (Å²) >= 11 is 0. The molecule has 1 fully saturated rings. The maximum atomic E-state index is 11.8. The Kier molecular flexibility index (Phi) is 6.98. The normalized spacial score (nSPS) is 17.4. The number of amides is 1. The van der Waals surface area contributed by atoms with Gasteiger partial charge in [0.1, 0.15) is 0 Å². The fourth-order valence-corrected chi connectivity index (χ4v) is 5.29. The number of nitrogens with one attached hydrogen (secondary N) is 1. The van der Waals surface area contributed by atoms with Crippen LogP contribution >= 0.6 is 21.6 Å². The Hall–Kier alpha value is -1.12. The zero-order valence-electron chi connectivity index (χ0n) is 12.0. The minimum atomic E-state index is 0.103. The molecule has 1 atom stereocenters. The molecule has 1 aromatic rings. The second-order valence-electron chi connectivity index (χ2n) is 5.16. The topological polar surface area (TPSA) is 52.9 Å². The lowest BCUT2D eigenvalue weighted by Crippen LogP contribution is -2.22. The van der Waals surface area contributed by atoms with Gasteiger partial charge < -0.3 is 5.32 Å². The number of carbonyl (C=O) groups is 1. The van der Waals surface area contributed by atoms with E-state index in [1.165, 1.54) is 18.6 Å². The monoisotopic (exact) mass is 320 g/mol. The van der Waals surface area contributed by atoms with Crippen molar-refractivity contribution in [3.63, 3.8) is 0 Å². The van der Waals surface area contributed by atoms with Crippen molar-refractivity contribution in [2.24, 2.45) is 0 Å². The smallest absolute Gasteiger partial charge is 0.220 e. The fraction of sp³-hybridized carbons (Fsp3) is 0.500. The molecular formula is C16H20N2OS2. The third-order valence-electron chi connectivity index (χ3n) is 3.45. The first-order valence-electron chi connectivity index (χ1n) is 7.32. The Morgan fingerprint density at radius 3 is 3.10 bits per heavy atom. The van der Waals surface area contributed by atoms with Crippen molar-refractivity contribution in [1.29, 1.82) is 5.26 Å². The van der Waals surface area contributed by atoms with E-state index in [9.17, 15) is 4.79 Å². The largest absolute Gasteiger partial charge is 0.352 e. The minimum Gasteiger partial charge on any atom is -0.352 e. The summed E-state index contributed by atoms with van der Waals surface area (Å²) in [6.45, 7) is 0.503. The van der Waals surface area contributed by atoms with Gasteiger partial charge in [0.2, 0.25) is 5.91 Å². The van der Waals surface area contributed by atoms with Gasteiger partial charge in [-0.05, 0) is 37.0 Å². The second kappa shape index (κ2) is 9.01. The molecule has 0 radical (unpaired) electrons. The minimum absolute atomic E-state index is 0.103. The highest BCUT2D eigenvalue weighted by Gasteiger charge is 2.15.